The molecule has 0 atom stereocenters. The molecule has 0 N–H and O–H groups in total. The maximum Gasteiger partial charge on any atom is 0.107 e. The Hall–Kier alpha value is -1.77. The van der Waals surface area contributed by atoms with Gasteiger partial charge < -0.3 is 4.74 Å². The molecule has 0 amide bonds. The third-order valence-electron chi connectivity index (χ3n) is 1.54. The van der Waals surface area contributed by atoms with Gasteiger partial charge in [0.15, 0.2) is 0 Å². The lowest BCUT2D eigenvalue weighted by Gasteiger charge is -1.99. The van der Waals surface area contributed by atoms with E-state index < -0.39 is 0 Å². The largest absolute Gasteiger partial charge is 0.364 e. The van der Waals surface area contributed by atoms with Crippen LogP contribution in [0.3, 0.4) is 0 Å². The Morgan fingerprint density at radius 2 is 2.00 bits per heavy atom. The predicted octanol–water partition coefficient (Wildman–Crippen LogP) is 1.71. The molecular weight excluding hydrogens is 162 g/mol. The minimum Gasteiger partial charge on any atom is -0.364 e. The molecule has 0 aliphatic rings. The van der Waals surface area contributed by atoms with Crippen molar-refractivity contribution in [3.8, 4) is 18.4 Å². The van der Waals surface area contributed by atoms with Gasteiger partial charge in [-0.1, -0.05) is 18.1 Å². The van der Waals surface area contributed by atoms with E-state index in [1.807, 2.05) is 18.2 Å². The highest BCUT2D eigenvalue weighted by Crippen LogP contribution is 2.04. The summed E-state index contributed by atoms with van der Waals surface area (Å²) >= 11 is 0. The molecule has 0 bridgehead atoms. The highest BCUT2D eigenvalue weighted by atomic mass is 16.5. The van der Waals surface area contributed by atoms with E-state index >= 15 is 0 Å². The Morgan fingerprint density at radius 1 is 1.31 bits per heavy atom. The third-order valence-corrected chi connectivity index (χ3v) is 1.54. The molecule has 0 saturated heterocycles. The second kappa shape index (κ2) is 4.98. The number of nitrogens with zero attached hydrogens (tertiary/aromatic N) is 1. The molecule has 0 aliphatic carbocycles. The highest BCUT2D eigenvalue weighted by molar-refractivity contribution is 5.31. The van der Waals surface area contributed by atoms with E-state index in [4.69, 9.17) is 16.4 Å². The van der Waals surface area contributed by atoms with Crippen LogP contribution in [0, 0.1) is 23.7 Å². The summed E-state index contributed by atoms with van der Waals surface area (Å²) in [6.45, 7) is 0.815. The van der Waals surface area contributed by atoms with Crippen molar-refractivity contribution in [2.24, 2.45) is 0 Å². The van der Waals surface area contributed by atoms with Gasteiger partial charge in [0.25, 0.3) is 0 Å². The van der Waals surface area contributed by atoms with Crippen molar-refractivity contribution in [2.45, 2.75) is 6.61 Å². The van der Waals surface area contributed by atoms with E-state index in [0.29, 0.717) is 18.8 Å². The van der Waals surface area contributed by atoms with Gasteiger partial charge >= 0.3 is 0 Å². The number of hydrogen-bond donors (Lipinski definition) is 0. The molecule has 13 heavy (non-hydrogen) atoms. The second-order valence-electron chi connectivity index (χ2n) is 2.51. The van der Waals surface area contributed by atoms with Crippen molar-refractivity contribution >= 4 is 0 Å². The fourth-order valence-corrected chi connectivity index (χ4v) is 0.903. The van der Waals surface area contributed by atoms with Gasteiger partial charge in [-0.25, -0.2) is 0 Å². The summed E-state index contributed by atoms with van der Waals surface area (Å²) in [5.74, 6) is 2.39. The lowest BCUT2D eigenvalue weighted by molar-refractivity contribution is 0.153. The van der Waals surface area contributed by atoms with Gasteiger partial charge in [-0.2, -0.15) is 5.26 Å². The highest BCUT2D eigenvalue weighted by Gasteiger charge is 1.92. The van der Waals surface area contributed by atoms with Crippen LogP contribution in [0.2, 0.25) is 0 Å². The van der Waals surface area contributed by atoms with Crippen LogP contribution in [0.15, 0.2) is 24.3 Å². The fourth-order valence-electron chi connectivity index (χ4n) is 0.903. The number of terminal acetylenes is 1. The summed E-state index contributed by atoms with van der Waals surface area (Å²) < 4.78 is 5.12. The number of ether oxygens (including phenoxy) is 1. The maximum absolute atomic E-state index is 8.53. The Bertz CT molecular complexity index is 340. The van der Waals surface area contributed by atoms with Crippen molar-refractivity contribution in [3.05, 3.63) is 35.4 Å². The minimum atomic E-state index is 0.319. The van der Waals surface area contributed by atoms with Crippen molar-refractivity contribution in [1.82, 2.24) is 0 Å². The monoisotopic (exact) mass is 171 g/mol. The first kappa shape index (κ1) is 9.32. The zero-order valence-electron chi connectivity index (χ0n) is 7.16. The van der Waals surface area contributed by atoms with Crippen LogP contribution in [0.4, 0.5) is 0 Å². The molecule has 1 aromatic carbocycles. The third kappa shape index (κ3) is 2.99. The molecule has 0 saturated carbocycles. The van der Waals surface area contributed by atoms with Crippen LogP contribution in [0.5, 0.6) is 0 Å². The van der Waals surface area contributed by atoms with Crippen LogP contribution < -0.4 is 0 Å². The van der Waals surface area contributed by atoms with E-state index in [-0.39, 0.29) is 0 Å². The molecule has 1 rings (SSSR count). The van der Waals surface area contributed by atoms with Crippen molar-refractivity contribution in [1.29, 1.82) is 5.26 Å². The summed E-state index contributed by atoms with van der Waals surface area (Å²) in [7, 11) is 0. The molecule has 0 unspecified atom stereocenters. The fraction of sp³-hybridized carbons (Fsp3) is 0.182. The summed E-state index contributed by atoms with van der Waals surface area (Å²) in [4.78, 5) is 0. The molecule has 2 nitrogen and oxygen atoms in total. The van der Waals surface area contributed by atoms with E-state index in [0.717, 1.165) is 5.56 Å². The molecular formula is C11H9NO. The first-order chi connectivity index (χ1) is 6.36. The summed E-state index contributed by atoms with van der Waals surface area (Å²) in [6, 6.07) is 9.28. The van der Waals surface area contributed by atoms with Crippen molar-refractivity contribution in [2.75, 3.05) is 6.61 Å². The molecule has 0 fully saturated rings. The van der Waals surface area contributed by atoms with E-state index in [1.165, 1.54) is 0 Å². The summed E-state index contributed by atoms with van der Waals surface area (Å²) in [5.41, 5.74) is 1.68. The zero-order chi connectivity index (χ0) is 9.52. The quantitative estimate of drug-likeness (QED) is 0.512. The summed E-state index contributed by atoms with van der Waals surface area (Å²) in [5, 5.41) is 8.53. The normalized spacial score (nSPS) is 8.77. The molecule has 64 valence electrons. The average Bonchev–Trinajstić information content (AvgIpc) is 2.19. The van der Waals surface area contributed by atoms with E-state index in [2.05, 4.69) is 5.92 Å². The number of benzene rings is 1. The van der Waals surface area contributed by atoms with E-state index in [1.54, 1.807) is 12.1 Å². The van der Waals surface area contributed by atoms with Crippen LogP contribution >= 0.6 is 0 Å². The standard InChI is InChI=1S/C11H9NO/c1-2-7-13-9-11-5-3-10(8-12)4-6-11/h1,3-6H,7,9H2. The smallest absolute Gasteiger partial charge is 0.107 e. The van der Waals surface area contributed by atoms with Crippen molar-refractivity contribution < 1.29 is 4.74 Å². The lowest BCUT2D eigenvalue weighted by Crippen LogP contribution is -1.92. The van der Waals surface area contributed by atoms with Crippen LogP contribution in [0.1, 0.15) is 11.1 Å². The average molecular weight is 171 g/mol. The van der Waals surface area contributed by atoms with Gasteiger partial charge in [0.2, 0.25) is 0 Å². The molecule has 1 aromatic rings. The van der Waals surface area contributed by atoms with Gasteiger partial charge in [-0.15, -0.1) is 6.42 Å². The van der Waals surface area contributed by atoms with Gasteiger partial charge in [-0.05, 0) is 17.7 Å². The van der Waals surface area contributed by atoms with Crippen LogP contribution in [0.25, 0.3) is 0 Å². The van der Waals surface area contributed by atoms with Crippen LogP contribution in [-0.4, -0.2) is 6.61 Å². The van der Waals surface area contributed by atoms with Crippen molar-refractivity contribution in [3.63, 3.8) is 0 Å². The molecule has 0 heterocycles. The first-order valence-electron chi connectivity index (χ1n) is 3.87. The lowest BCUT2D eigenvalue weighted by atomic mass is 10.2. The Morgan fingerprint density at radius 3 is 2.54 bits per heavy atom. The molecule has 0 aliphatic heterocycles. The number of nitriles is 1. The van der Waals surface area contributed by atoms with Gasteiger partial charge in [0.05, 0.1) is 18.2 Å². The first-order valence-corrected chi connectivity index (χ1v) is 3.87. The Labute approximate surface area is 77.8 Å². The molecule has 0 spiro atoms. The van der Waals surface area contributed by atoms with E-state index in [9.17, 15) is 0 Å². The summed E-state index contributed by atoms with van der Waals surface area (Å²) in [6.07, 6.45) is 5.02. The van der Waals surface area contributed by atoms with Gasteiger partial charge in [-0.3, -0.25) is 0 Å². The zero-order valence-corrected chi connectivity index (χ0v) is 7.16. The maximum atomic E-state index is 8.53. The number of rotatable bonds is 3. The second-order valence-corrected chi connectivity index (χ2v) is 2.51. The minimum absolute atomic E-state index is 0.319. The number of hydrogen-bond acceptors (Lipinski definition) is 2. The molecule has 0 aromatic heterocycles. The Balaban J connectivity index is 2.52. The molecule has 0 radical (unpaired) electrons. The predicted molar refractivity (Wildman–Crippen MR) is 49.6 cm³/mol. The van der Waals surface area contributed by atoms with Crippen LogP contribution in [-0.2, 0) is 11.3 Å². The molecule has 2 heteroatoms. The van der Waals surface area contributed by atoms with Gasteiger partial charge in [0, 0.05) is 0 Å². The van der Waals surface area contributed by atoms with Gasteiger partial charge in [0.1, 0.15) is 6.61 Å². The SMILES string of the molecule is C#CCOCc1ccc(C#N)cc1. The topological polar surface area (TPSA) is 33.0 Å². The Kier molecular flexibility index (Phi) is 3.57.